The molecule has 1 saturated heterocycles. The molecular weight excluding hydrogens is 354 g/mol. The third-order valence-corrected chi connectivity index (χ3v) is 4.82. The van der Waals surface area contributed by atoms with Crippen LogP contribution < -0.4 is 5.32 Å². The number of aromatic nitrogens is 3. The predicted molar refractivity (Wildman–Crippen MR) is 105 cm³/mol. The molecule has 144 valence electrons. The zero-order chi connectivity index (χ0) is 19.3. The highest BCUT2D eigenvalue weighted by Gasteiger charge is 2.26. The molecule has 0 radical (unpaired) electrons. The molecule has 1 atom stereocenters. The molecule has 1 fully saturated rings. The molecule has 1 aliphatic rings. The van der Waals surface area contributed by atoms with E-state index in [4.69, 9.17) is 4.74 Å². The normalized spacial score (nSPS) is 16.8. The Morgan fingerprint density at radius 3 is 2.93 bits per heavy atom. The average molecular weight is 377 g/mol. The van der Waals surface area contributed by atoms with E-state index < -0.39 is 0 Å². The zero-order valence-electron chi connectivity index (χ0n) is 15.8. The Kier molecular flexibility index (Phi) is 5.34. The van der Waals surface area contributed by atoms with Gasteiger partial charge in [-0.05, 0) is 28.8 Å². The molecular formula is C21H23N5O2. The molecule has 2 aromatic heterocycles. The van der Waals surface area contributed by atoms with Gasteiger partial charge in [0.05, 0.1) is 19.3 Å². The van der Waals surface area contributed by atoms with Gasteiger partial charge in [-0.1, -0.05) is 24.3 Å². The van der Waals surface area contributed by atoms with Crippen molar-refractivity contribution >= 4 is 6.03 Å². The fraction of sp³-hybridized carbons (Fsp3) is 0.286. The Morgan fingerprint density at radius 1 is 1.25 bits per heavy atom. The minimum atomic E-state index is -0.137. The number of benzene rings is 1. The quantitative estimate of drug-likeness (QED) is 0.759. The van der Waals surface area contributed by atoms with Crippen LogP contribution in [0.15, 0.2) is 61.2 Å². The summed E-state index contributed by atoms with van der Waals surface area (Å²) in [6.07, 6.45) is 7.17. The van der Waals surface area contributed by atoms with E-state index in [-0.39, 0.29) is 12.1 Å². The predicted octanol–water partition coefficient (Wildman–Crippen LogP) is 2.77. The molecule has 0 bridgehead atoms. The first-order valence-corrected chi connectivity index (χ1v) is 9.31. The van der Waals surface area contributed by atoms with Crippen molar-refractivity contribution < 1.29 is 9.53 Å². The molecule has 1 aromatic carbocycles. The highest BCUT2D eigenvalue weighted by atomic mass is 16.5. The Hall–Kier alpha value is -3.19. The lowest BCUT2D eigenvalue weighted by Gasteiger charge is -2.32. The van der Waals surface area contributed by atoms with Gasteiger partial charge in [-0.3, -0.25) is 9.67 Å². The minimum Gasteiger partial charge on any atom is -0.370 e. The van der Waals surface area contributed by atoms with E-state index in [2.05, 4.69) is 21.5 Å². The molecule has 1 unspecified atom stereocenters. The average Bonchev–Trinajstić information content (AvgIpc) is 3.19. The van der Waals surface area contributed by atoms with Crippen LogP contribution in [0.2, 0.25) is 0 Å². The second-order valence-electron chi connectivity index (χ2n) is 6.85. The highest BCUT2D eigenvalue weighted by Crippen LogP contribution is 2.22. The molecule has 1 N–H and O–H groups in total. The Balaban J connectivity index is 1.36. The SMILES string of the molecule is Cn1cc(C2CN(C(=O)NCc3cccc(-c4cccnc4)c3)CCO2)cn1. The van der Waals surface area contributed by atoms with Crippen LogP contribution in [0.5, 0.6) is 0 Å². The standard InChI is InChI=1S/C21H23N5O2/c1-25-14-19(13-24-25)20-15-26(8-9-28-20)21(27)23-11-16-4-2-5-17(10-16)18-6-3-7-22-12-18/h2-7,10,12-14,20H,8-9,11,15H2,1H3,(H,23,27). The van der Waals surface area contributed by atoms with Gasteiger partial charge in [0.1, 0.15) is 6.10 Å². The molecule has 3 aromatic rings. The lowest BCUT2D eigenvalue weighted by molar-refractivity contribution is -0.0155. The first kappa shape index (κ1) is 18.2. The number of morpholine rings is 1. The Labute approximate surface area is 164 Å². The summed E-state index contributed by atoms with van der Waals surface area (Å²) in [7, 11) is 1.87. The summed E-state index contributed by atoms with van der Waals surface area (Å²) in [4.78, 5) is 18.6. The van der Waals surface area contributed by atoms with E-state index in [0.717, 1.165) is 22.3 Å². The van der Waals surface area contributed by atoms with E-state index in [9.17, 15) is 4.79 Å². The second kappa shape index (κ2) is 8.22. The van der Waals surface area contributed by atoms with Crippen LogP contribution in [0.3, 0.4) is 0 Å². The van der Waals surface area contributed by atoms with Crippen LogP contribution in [0, 0.1) is 0 Å². The first-order valence-electron chi connectivity index (χ1n) is 9.31. The van der Waals surface area contributed by atoms with Gasteiger partial charge in [0.25, 0.3) is 0 Å². The van der Waals surface area contributed by atoms with Crippen LogP contribution >= 0.6 is 0 Å². The lowest BCUT2D eigenvalue weighted by Crippen LogP contribution is -2.46. The summed E-state index contributed by atoms with van der Waals surface area (Å²) in [5.74, 6) is 0. The molecule has 0 spiro atoms. The number of amides is 2. The first-order chi connectivity index (χ1) is 13.7. The van der Waals surface area contributed by atoms with Crippen molar-refractivity contribution in [3.8, 4) is 11.1 Å². The van der Waals surface area contributed by atoms with Gasteiger partial charge in [-0.15, -0.1) is 0 Å². The molecule has 4 rings (SSSR count). The highest BCUT2D eigenvalue weighted by molar-refractivity contribution is 5.74. The number of hydrogen-bond donors (Lipinski definition) is 1. The summed E-state index contributed by atoms with van der Waals surface area (Å²) in [5, 5.41) is 7.20. The summed E-state index contributed by atoms with van der Waals surface area (Å²) < 4.78 is 7.55. The van der Waals surface area contributed by atoms with Gasteiger partial charge in [0, 0.05) is 44.3 Å². The fourth-order valence-electron chi connectivity index (χ4n) is 3.33. The number of urea groups is 1. The van der Waals surface area contributed by atoms with Gasteiger partial charge in [-0.25, -0.2) is 4.79 Å². The summed E-state index contributed by atoms with van der Waals surface area (Å²) >= 11 is 0. The zero-order valence-corrected chi connectivity index (χ0v) is 15.8. The number of carbonyl (C=O) groups excluding carboxylic acids is 1. The Bertz CT molecular complexity index is 941. The van der Waals surface area contributed by atoms with Crippen LogP contribution in [0.1, 0.15) is 17.2 Å². The molecule has 0 saturated carbocycles. The number of hydrogen-bond acceptors (Lipinski definition) is 4. The number of carbonyl (C=O) groups is 1. The largest absolute Gasteiger partial charge is 0.370 e. The van der Waals surface area contributed by atoms with Crippen molar-refractivity contribution in [3.05, 3.63) is 72.3 Å². The van der Waals surface area contributed by atoms with Crippen LogP contribution in [-0.2, 0) is 18.3 Å². The van der Waals surface area contributed by atoms with Gasteiger partial charge in [0.2, 0.25) is 0 Å². The molecule has 3 heterocycles. The van der Waals surface area contributed by atoms with Crippen molar-refractivity contribution in [1.82, 2.24) is 25.0 Å². The number of pyridine rings is 1. The van der Waals surface area contributed by atoms with Crippen LogP contribution in [0.25, 0.3) is 11.1 Å². The fourth-order valence-corrected chi connectivity index (χ4v) is 3.33. The van der Waals surface area contributed by atoms with E-state index >= 15 is 0 Å². The number of nitrogens with one attached hydrogen (secondary N) is 1. The van der Waals surface area contributed by atoms with Crippen LogP contribution in [-0.4, -0.2) is 45.4 Å². The van der Waals surface area contributed by atoms with Crippen molar-refractivity contribution in [1.29, 1.82) is 0 Å². The summed E-state index contributed by atoms with van der Waals surface area (Å²) in [5.41, 5.74) is 4.18. The molecule has 7 nitrogen and oxygen atoms in total. The van der Waals surface area contributed by atoms with Crippen molar-refractivity contribution in [2.24, 2.45) is 7.05 Å². The van der Waals surface area contributed by atoms with Gasteiger partial charge < -0.3 is 15.0 Å². The number of ether oxygens (including phenoxy) is 1. The lowest BCUT2D eigenvalue weighted by atomic mass is 10.0. The van der Waals surface area contributed by atoms with E-state index in [1.165, 1.54) is 0 Å². The summed E-state index contributed by atoms with van der Waals surface area (Å²) in [6, 6.07) is 12.0. The van der Waals surface area contributed by atoms with Crippen molar-refractivity contribution in [2.75, 3.05) is 19.7 Å². The molecule has 7 heteroatoms. The van der Waals surface area contributed by atoms with Gasteiger partial charge in [-0.2, -0.15) is 5.10 Å². The Morgan fingerprint density at radius 2 is 2.14 bits per heavy atom. The van der Waals surface area contributed by atoms with Gasteiger partial charge >= 0.3 is 6.03 Å². The third kappa shape index (κ3) is 4.20. The topological polar surface area (TPSA) is 72.3 Å². The van der Waals surface area contributed by atoms with Crippen molar-refractivity contribution in [3.63, 3.8) is 0 Å². The molecule has 2 amide bonds. The van der Waals surface area contributed by atoms with Gasteiger partial charge in [0.15, 0.2) is 0 Å². The maximum atomic E-state index is 12.6. The molecule has 1 aliphatic heterocycles. The monoisotopic (exact) mass is 377 g/mol. The van der Waals surface area contributed by atoms with E-state index in [0.29, 0.717) is 26.2 Å². The number of nitrogens with zero attached hydrogens (tertiary/aromatic N) is 4. The van der Waals surface area contributed by atoms with E-state index in [1.54, 1.807) is 22.0 Å². The second-order valence-corrected chi connectivity index (χ2v) is 6.85. The third-order valence-electron chi connectivity index (χ3n) is 4.82. The van der Waals surface area contributed by atoms with Crippen molar-refractivity contribution in [2.45, 2.75) is 12.6 Å². The minimum absolute atomic E-state index is 0.0797. The number of rotatable bonds is 4. The number of aryl methyl sites for hydroxylation is 1. The van der Waals surface area contributed by atoms with Crippen LogP contribution in [0.4, 0.5) is 4.79 Å². The maximum absolute atomic E-state index is 12.6. The molecule has 0 aliphatic carbocycles. The summed E-state index contributed by atoms with van der Waals surface area (Å²) in [6.45, 7) is 2.09. The molecule has 28 heavy (non-hydrogen) atoms. The smallest absolute Gasteiger partial charge is 0.317 e. The maximum Gasteiger partial charge on any atom is 0.317 e. The van der Waals surface area contributed by atoms with E-state index in [1.807, 2.05) is 49.8 Å².